The summed E-state index contributed by atoms with van der Waals surface area (Å²) in [5, 5.41) is 19.7. The summed E-state index contributed by atoms with van der Waals surface area (Å²) in [7, 11) is 2.18. The van der Waals surface area contributed by atoms with Crippen LogP contribution in [0.2, 0.25) is 0 Å². The number of nitrogens with zero attached hydrogens (tertiary/aromatic N) is 1. The largest absolute Gasteiger partial charge is 0.511 e. The third-order valence-electron chi connectivity index (χ3n) is 6.75. The molecule has 128 valence electrons. The predicted molar refractivity (Wildman–Crippen MR) is 84.7 cm³/mol. The van der Waals surface area contributed by atoms with E-state index in [1.54, 1.807) is 6.07 Å². The first-order valence-electron chi connectivity index (χ1n) is 8.64. The van der Waals surface area contributed by atoms with Crippen molar-refractivity contribution in [3.63, 3.8) is 0 Å². The number of carboxylic acid groups (broad SMARTS) is 1. The molecule has 1 spiro atoms. The number of rotatable bonds is 1. The predicted octanol–water partition coefficient (Wildman–Crippen LogP) is 1.77. The van der Waals surface area contributed by atoms with Crippen molar-refractivity contribution < 1.29 is 24.5 Å². The van der Waals surface area contributed by atoms with Gasteiger partial charge in [-0.25, -0.2) is 4.79 Å². The normalized spacial score (nSPS) is 39.1. The first-order chi connectivity index (χ1) is 11.5. The van der Waals surface area contributed by atoms with Crippen LogP contribution in [0.3, 0.4) is 0 Å². The number of likely N-dealkylation sites (N-methyl/N-ethyl adjacent to an activating group) is 1. The fourth-order valence-corrected chi connectivity index (χ4v) is 5.87. The highest BCUT2D eigenvalue weighted by Crippen LogP contribution is 2.63. The van der Waals surface area contributed by atoms with E-state index in [-0.39, 0.29) is 17.3 Å². The number of aliphatic hydroxyl groups excluding tert-OH is 1. The molecule has 2 fully saturated rings. The Kier molecular flexibility index (Phi) is 2.81. The number of hydrogen-bond donors (Lipinski definition) is 2. The Morgan fingerprint density at radius 3 is 3.04 bits per heavy atom. The number of likely N-dealkylation sites (tertiary alicyclic amines) is 1. The molecule has 24 heavy (non-hydrogen) atoms. The first-order valence-corrected chi connectivity index (χ1v) is 8.64. The van der Waals surface area contributed by atoms with Crippen molar-refractivity contribution in [2.75, 3.05) is 13.6 Å². The van der Waals surface area contributed by atoms with Crippen LogP contribution in [0.1, 0.15) is 30.4 Å². The Morgan fingerprint density at radius 2 is 2.25 bits per heavy atom. The van der Waals surface area contributed by atoms with Gasteiger partial charge >= 0.3 is 6.16 Å². The minimum Gasteiger partial charge on any atom is -0.483 e. The van der Waals surface area contributed by atoms with E-state index in [0.717, 1.165) is 37.8 Å². The van der Waals surface area contributed by atoms with Crippen molar-refractivity contribution in [2.45, 2.75) is 49.3 Å². The van der Waals surface area contributed by atoms with Crippen molar-refractivity contribution in [3.05, 3.63) is 23.3 Å². The van der Waals surface area contributed by atoms with Crippen LogP contribution in [0.25, 0.3) is 0 Å². The van der Waals surface area contributed by atoms with Gasteiger partial charge in [0.25, 0.3) is 0 Å². The highest BCUT2D eigenvalue weighted by atomic mass is 16.7. The maximum Gasteiger partial charge on any atom is 0.511 e. The van der Waals surface area contributed by atoms with E-state index in [2.05, 4.69) is 11.9 Å². The van der Waals surface area contributed by atoms with Gasteiger partial charge in [0.05, 0.1) is 6.10 Å². The Balaban J connectivity index is 1.74. The third-order valence-corrected chi connectivity index (χ3v) is 6.75. The van der Waals surface area contributed by atoms with E-state index in [9.17, 15) is 9.90 Å². The minimum atomic E-state index is -1.34. The van der Waals surface area contributed by atoms with Crippen molar-refractivity contribution >= 4 is 6.16 Å². The lowest BCUT2D eigenvalue weighted by molar-refractivity contribution is -0.0993. The molecular formula is C18H21NO5. The minimum absolute atomic E-state index is 0.199. The molecule has 5 atom stereocenters. The molecule has 6 heteroatoms. The molecule has 2 N–H and O–H groups in total. The molecule has 4 aliphatic rings. The van der Waals surface area contributed by atoms with E-state index in [1.165, 1.54) is 5.56 Å². The van der Waals surface area contributed by atoms with Crippen LogP contribution in [0.5, 0.6) is 11.5 Å². The molecule has 2 aliphatic heterocycles. The van der Waals surface area contributed by atoms with Crippen LogP contribution in [0.15, 0.2) is 12.1 Å². The summed E-state index contributed by atoms with van der Waals surface area (Å²) < 4.78 is 11.2. The summed E-state index contributed by atoms with van der Waals surface area (Å²) in [5.74, 6) is 1.25. The van der Waals surface area contributed by atoms with Gasteiger partial charge in [0.1, 0.15) is 6.10 Å². The zero-order valence-corrected chi connectivity index (χ0v) is 13.6. The van der Waals surface area contributed by atoms with Gasteiger partial charge in [-0.2, -0.15) is 0 Å². The van der Waals surface area contributed by atoms with Crippen molar-refractivity contribution in [1.29, 1.82) is 0 Å². The number of aliphatic hydroxyl groups is 1. The van der Waals surface area contributed by atoms with Gasteiger partial charge < -0.3 is 24.6 Å². The van der Waals surface area contributed by atoms with E-state index < -0.39 is 12.3 Å². The van der Waals surface area contributed by atoms with Crippen molar-refractivity contribution in [2.24, 2.45) is 5.92 Å². The van der Waals surface area contributed by atoms with Gasteiger partial charge in [-0.05, 0) is 56.8 Å². The zero-order chi connectivity index (χ0) is 16.6. The average molecular weight is 331 g/mol. The van der Waals surface area contributed by atoms with E-state index in [0.29, 0.717) is 17.7 Å². The standard InChI is InChI=1S/C18H21NO5/c1-19-7-6-18-10-3-4-12(20)16(18)24-15-13(23-17(21)22)5-2-9(14(15)18)8-11(10)19/h2,5,10-12,16,20H,3-4,6-8H2,1H3,(H,21,22). The molecule has 0 amide bonds. The first kappa shape index (κ1) is 14.5. The fourth-order valence-electron chi connectivity index (χ4n) is 5.87. The summed E-state index contributed by atoms with van der Waals surface area (Å²) in [5.41, 5.74) is 2.13. The summed E-state index contributed by atoms with van der Waals surface area (Å²) in [6.07, 6.45) is 1.46. The SMILES string of the molecule is CN1CCC23c4c5ccc(OC(=O)O)c4OC2C(O)CCC3C1C5. The molecular weight excluding hydrogens is 310 g/mol. The lowest BCUT2D eigenvalue weighted by Crippen LogP contribution is -2.66. The lowest BCUT2D eigenvalue weighted by Gasteiger charge is -2.58. The van der Waals surface area contributed by atoms with Gasteiger partial charge in [0.2, 0.25) is 0 Å². The van der Waals surface area contributed by atoms with E-state index in [1.807, 2.05) is 6.07 Å². The maximum absolute atomic E-state index is 11.0. The maximum atomic E-state index is 11.0. The second kappa shape index (κ2) is 4.64. The molecule has 1 saturated heterocycles. The molecule has 5 unspecified atom stereocenters. The van der Waals surface area contributed by atoms with Crippen LogP contribution >= 0.6 is 0 Å². The van der Waals surface area contributed by atoms with Crippen molar-refractivity contribution in [1.82, 2.24) is 4.90 Å². The monoisotopic (exact) mass is 331 g/mol. The summed E-state index contributed by atoms with van der Waals surface area (Å²) in [4.78, 5) is 13.5. The molecule has 1 aromatic rings. The second-order valence-electron chi connectivity index (χ2n) is 7.63. The Morgan fingerprint density at radius 1 is 1.42 bits per heavy atom. The zero-order valence-electron chi connectivity index (χ0n) is 13.6. The van der Waals surface area contributed by atoms with Crippen LogP contribution in [-0.2, 0) is 11.8 Å². The molecule has 0 aromatic heterocycles. The molecule has 6 nitrogen and oxygen atoms in total. The average Bonchev–Trinajstić information content (AvgIpc) is 2.89. The van der Waals surface area contributed by atoms with Gasteiger partial charge in [-0.3, -0.25) is 0 Å². The van der Waals surface area contributed by atoms with E-state index >= 15 is 0 Å². The molecule has 5 rings (SSSR count). The molecule has 1 saturated carbocycles. The number of carbonyl (C=O) groups is 1. The molecule has 0 radical (unpaired) electrons. The Labute approximate surface area is 140 Å². The topological polar surface area (TPSA) is 79.2 Å². The van der Waals surface area contributed by atoms with Crippen LogP contribution in [-0.4, -0.2) is 53.1 Å². The fraction of sp³-hybridized carbons (Fsp3) is 0.611. The number of piperidine rings is 1. The van der Waals surface area contributed by atoms with Crippen molar-refractivity contribution in [3.8, 4) is 11.5 Å². The third kappa shape index (κ3) is 1.60. The second-order valence-corrected chi connectivity index (χ2v) is 7.63. The number of benzene rings is 1. The summed E-state index contributed by atoms with van der Waals surface area (Å²) in [6, 6.07) is 4.13. The molecule has 2 aliphatic carbocycles. The van der Waals surface area contributed by atoms with Gasteiger partial charge in [0.15, 0.2) is 11.5 Å². The summed E-state index contributed by atoms with van der Waals surface area (Å²) >= 11 is 0. The van der Waals surface area contributed by atoms with Crippen LogP contribution in [0.4, 0.5) is 4.79 Å². The molecule has 2 bridgehead atoms. The lowest BCUT2D eigenvalue weighted by atomic mass is 9.51. The number of ether oxygens (including phenoxy) is 2. The Bertz CT molecular complexity index is 734. The smallest absolute Gasteiger partial charge is 0.483 e. The van der Waals surface area contributed by atoms with Crippen LogP contribution in [0, 0.1) is 5.92 Å². The summed E-state index contributed by atoms with van der Waals surface area (Å²) in [6.45, 7) is 0.969. The highest BCUT2D eigenvalue weighted by Gasteiger charge is 2.65. The quantitative estimate of drug-likeness (QED) is 0.603. The van der Waals surface area contributed by atoms with E-state index in [4.69, 9.17) is 14.6 Å². The molecule has 2 heterocycles. The highest BCUT2D eigenvalue weighted by molar-refractivity contribution is 5.67. The van der Waals surface area contributed by atoms with Gasteiger partial charge in [-0.1, -0.05) is 6.07 Å². The Hall–Kier alpha value is -1.79. The van der Waals surface area contributed by atoms with Gasteiger partial charge in [0, 0.05) is 17.0 Å². The van der Waals surface area contributed by atoms with Gasteiger partial charge in [-0.15, -0.1) is 0 Å². The number of hydrogen-bond acceptors (Lipinski definition) is 5. The van der Waals surface area contributed by atoms with Crippen LogP contribution < -0.4 is 9.47 Å². The molecule has 1 aromatic carbocycles.